The van der Waals surface area contributed by atoms with Gasteiger partial charge in [0.1, 0.15) is 16.8 Å². The van der Waals surface area contributed by atoms with Crippen LogP contribution in [0.4, 0.5) is 0 Å². The Morgan fingerprint density at radius 1 is 0.594 bits per heavy atom. The Labute approximate surface area is 193 Å². The second kappa shape index (κ2) is 7.74. The van der Waals surface area contributed by atoms with Crippen LogP contribution < -0.4 is 0 Å². The zero-order chi connectivity index (χ0) is 21.5. The molecule has 2 aromatic heterocycles. The summed E-state index contributed by atoms with van der Waals surface area (Å²) in [7, 11) is 0. The minimum atomic E-state index is 0.682. The lowest BCUT2D eigenvalue weighted by Gasteiger charge is -2.07. The van der Waals surface area contributed by atoms with Crippen molar-refractivity contribution in [2.45, 2.75) is 0 Å². The molecule has 0 amide bonds. The van der Waals surface area contributed by atoms with Crippen LogP contribution in [-0.4, -0.2) is 9.97 Å². The number of hydrogen-bond donors (Lipinski definition) is 0. The van der Waals surface area contributed by atoms with Crippen molar-refractivity contribution in [2.75, 3.05) is 0 Å². The highest BCUT2D eigenvalue weighted by molar-refractivity contribution is 9.10. The maximum atomic E-state index is 6.23. The van der Waals surface area contributed by atoms with E-state index < -0.39 is 0 Å². The standard InChI is InChI=1S/C28H17BrN2O/c29-22-15-16-23-24(17-22)32-27-25(20-9-5-2-6-10-20)30-28(31-26(23)27)21-13-11-19(12-14-21)18-7-3-1-4-8-18/h1-17H. The fraction of sp³-hybridized carbons (Fsp3) is 0. The molecule has 0 aliphatic rings. The van der Waals surface area contributed by atoms with Crippen molar-refractivity contribution in [3.8, 4) is 33.8 Å². The highest BCUT2D eigenvalue weighted by Gasteiger charge is 2.18. The van der Waals surface area contributed by atoms with E-state index in [4.69, 9.17) is 14.4 Å². The van der Waals surface area contributed by atoms with Crippen LogP contribution >= 0.6 is 15.9 Å². The molecule has 0 aliphatic carbocycles. The Morgan fingerprint density at radius 2 is 1.22 bits per heavy atom. The molecule has 32 heavy (non-hydrogen) atoms. The Morgan fingerprint density at radius 3 is 1.94 bits per heavy atom. The van der Waals surface area contributed by atoms with E-state index in [1.807, 2.05) is 54.6 Å². The highest BCUT2D eigenvalue weighted by Crippen LogP contribution is 2.36. The van der Waals surface area contributed by atoms with E-state index in [9.17, 15) is 0 Å². The summed E-state index contributed by atoms with van der Waals surface area (Å²) in [6.07, 6.45) is 0. The van der Waals surface area contributed by atoms with Gasteiger partial charge in [-0.2, -0.15) is 0 Å². The molecular formula is C28H17BrN2O. The van der Waals surface area contributed by atoms with E-state index in [2.05, 4.69) is 64.5 Å². The second-order valence-corrected chi connectivity index (χ2v) is 8.54. The fourth-order valence-electron chi connectivity index (χ4n) is 3.98. The van der Waals surface area contributed by atoms with Crippen molar-refractivity contribution in [1.82, 2.24) is 9.97 Å². The van der Waals surface area contributed by atoms with Crippen LogP contribution in [0.2, 0.25) is 0 Å². The molecule has 0 unspecified atom stereocenters. The monoisotopic (exact) mass is 476 g/mol. The summed E-state index contributed by atoms with van der Waals surface area (Å²) in [5.74, 6) is 0.682. The van der Waals surface area contributed by atoms with Crippen LogP contribution in [0.1, 0.15) is 0 Å². The van der Waals surface area contributed by atoms with Crippen molar-refractivity contribution in [3.05, 3.63) is 108 Å². The predicted octanol–water partition coefficient (Wildman–Crippen LogP) is 8.14. The zero-order valence-corrected chi connectivity index (χ0v) is 18.6. The third kappa shape index (κ3) is 3.29. The number of nitrogens with zero attached hydrogens (tertiary/aromatic N) is 2. The van der Waals surface area contributed by atoms with Crippen molar-refractivity contribution >= 4 is 38.0 Å². The molecule has 0 spiro atoms. The summed E-state index contributed by atoms with van der Waals surface area (Å²) >= 11 is 3.53. The average molecular weight is 477 g/mol. The number of furan rings is 1. The van der Waals surface area contributed by atoms with Crippen molar-refractivity contribution < 1.29 is 4.42 Å². The average Bonchev–Trinajstić information content (AvgIpc) is 3.22. The van der Waals surface area contributed by atoms with Gasteiger partial charge in [-0.15, -0.1) is 0 Å². The molecule has 0 atom stereocenters. The molecule has 4 heteroatoms. The quantitative estimate of drug-likeness (QED) is 0.258. The first kappa shape index (κ1) is 19.0. The Bertz CT molecular complexity index is 1560. The fourth-order valence-corrected chi connectivity index (χ4v) is 4.32. The lowest BCUT2D eigenvalue weighted by Crippen LogP contribution is -1.93. The SMILES string of the molecule is Brc1ccc2c(c1)oc1c(-c3ccccc3)nc(-c3ccc(-c4ccccc4)cc3)nc12. The van der Waals surface area contributed by atoms with Gasteiger partial charge in [0, 0.05) is 21.0 Å². The van der Waals surface area contributed by atoms with Crippen LogP contribution in [0.5, 0.6) is 0 Å². The molecule has 0 radical (unpaired) electrons. The summed E-state index contributed by atoms with van der Waals surface area (Å²) in [6.45, 7) is 0. The summed E-state index contributed by atoms with van der Waals surface area (Å²) in [4.78, 5) is 9.88. The topological polar surface area (TPSA) is 38.9 Å². The highest BCUT2D eigenvalue weighted by atomic mass is 79.9. The van der Waals surface area contributed by atoms with E-state index in [0.717, 1.165) is 43.3 Å². The van der Waals surface area contributed by atoms with Gasteiger partial charge in [-0.1, -0.05) is 101 Å². The van der Waals surface area contributed by atoms with Gasteiger partial charge < -0.3 is 4.42 Å². The normalized spacial score (nSPS) is 11.3. The van der Waals surface area contributed by atoms with Gasteiger partial charge >= 0.3 is 0 Å². The molecule has 0 saturated carbocycles. The summed E-state index contributed by atoms with van der Waals surface area (Å²) in [5.41, 5.74) is 7.43. The van der Waals surface area contributed by atoms with Gasteiger partial charge in [0.05, 0.1) is 0 Å². The van der Waals surface area contributed by atoms with E-state index in [-0.39, 0.29) is 0 Å². The molecule has 0 saturated heterocycles. The van der Waals surface area contributed by atoms with Crippen LogP contribution in [-0.2, 0) is 0 Å². The minimum absolute atomic E-state index is 0.682. The van der Waals surface area contributed by atoms with Crippen LogP contribution in [0, 0.1) is 0 Å². The predicted molar refractivity (Wildman–Crippen MR) is 133 cm³/mol. The molecule has 2 heterocycles. The van der Waals surface area contributed by atoms with Crippen molar-refractivity contribution in [3.63, 3.8) is 0 Å². The van der Waals surface area contributed by atoms with Gasteiger partial charge in [-0.3, -0.25) is 0 Å². The lowest BCUT2D eigenvalue weighted by molar-refractivity contribution is 0.667. The Kier molecular flexibility index (Phi) is 4.58. The molecule has 4 aromatic carbocycles. The van der Waals surface area contributed by atoms with Crippen LogP contribution in [0.15, 0.2) is 112 Å². The lowest BCUT2D eigenvalue weighted by atomic mass is 10.0. The summed E-state index contributed by atoms with van der Waals surface area (Å²) in [6, 6.07) is 34.9. The van der Waals surface area contributed by atoms with Gasteiger partial charge in [0.2, 0.25) is 0 Å². The number of rotatable bonds is 3. The second-order valence-electron chi connectivity index (χ2n) is 7.63. The number of fused-ring (bicyclic) bond motifs is 3. The molecule has 0 fully saturated rings. The molecular weight excluding hydrogens is 460 g/mol. The first-order chi connectivity index (χ1) is 15.8. The molecule has 6 aromatic rings. The van der Waals surface area contributed by atoms with E-state index in [1.165, 1.54) is 5.56 Å². The molecule has 0 aliphatic heterocycles. The van der Waals surface area contributed by atoms with Gasteiger partial charge in [0.25, 0.3) is 0 Å². The smallest absolute Gasteiger partial charge is 0.180 e. The largest absolute Gasteiger partial charge is 0.452 e. The van der Waals surface area contributed by atoms with Crippen LogP contribution in [0.3, 0.4) is 0 Å². The van der Waals surface area contributed by atoms with Gasteiger partial charge in [-0.05, 0) is 29.3 Å². The van der Waals surface area contributed by atoms with E-state index >= 15 is 0 Å². The third-order valence-corrected chi connectivity index (χ3v) is 6.07. The maximum Gasteiger partial charge on any atom is 0.180 e. The number of halogens is 1. The molecule has 3 nitrogen and oxygen atoms in total. The first-order valence-electron chi connectivity index (χ1n) is 10.4. The zero-order valence-electron chi connectivity index (χ0n) is 17.0. The van der Waals surface area contributed by atoms with E-state index in [0.29, 0.717) is 11.4 Å². The summed E-state index contributed by atoms with van der Waals surface area (Å²) in [5, 5.41) is 0.977. The Hall–Kier alpha value is -3.76. The molecule has 0 N–H and O–H groups in total. The van der Waals surface area contributed by atoms with Gasteiger partial charge in [-0.25, -0.2) is 9.97 Å². The third-order valence-electron chi connectivity index (χ3n) is 5.57. The minimum Gasteiger partial charge on any atom is -0.452 e. The molecule has 152 valence electrons. The molecule has 6 rings (SSSR count). The molecule has 0 bridgehead atoms. The maximum absolute atomic E-state index is 6.23. The Balaban J connectivity index is 1.56. The van der Waals surface area contributed by atoms with Crippen LogP contribution in [0.25, 0.3) is 55.8 Å². The summed E-state index contributed by atoms with van der Waals surface area (Å²) < 4.78 is 7.20. The van der Waals surface area contributed by atoms with Gasteiger partial charge in [0.15, 0.2) is 11.4 Å². The first-order valence-corrected chi connectivity index (χ1v) is 11.2. The van der Waals surface area contributed by atoms with Crippen molar-refractivity contribution in [2.24, 2.45) is 0 Å². The number of aromatic nitrogens is 2. The number of hydrogen-bond acceptors (Lipinski definition) is 3. The van der Waals surface area contributed by atoms with E-state index in [1.54, 1.807) is 0 Å². The number of benzene rings is 4. The van der Waals surface area contributed by atoms with Crippen molar-refractivity contribution in [1.29, 1.82) is 0 Å².